The lowest BCUT2D eigenvalue weighted by atomic mass is 10.00. The molecule has 0 aliphatic carbocycles. The smallest absolute Gasteiger partial charge is 0.280 e. The summed E-state index contributed by atoms with van der Waals surface area (Å²) in [5.74, 6) is -1.14. The predicted octanol–water partition coefficient (Wildman–Crippen LogP) is 1.74. The Balaban J connectivity index is 1.86. The van der Waals surface area contributed by atoms with Crippen molar-refractivity contribution < 1.29 is 17.6 Å². The summed E-state index contributed by atoms with van der Waals surface area (Å²) >= 11 is 5.73. The first-order chi connectivity index (χ1) is 12.6. The Labute approximate surface area is 161 Å². The van der Waals surface area contributed by atoms with Gasteiger partial charge in [0.25, 0.3) is 10.2 Å². The van der Waals surface area contributed by atoms with E-state index in [4.69, 9.17) is 11.6 Å². The Bertz CT molecular complexity index is 994. The van der Waals surface area contributed by atoms with Crippen LogP contribution in [-0.4, -0.2) is 41.5 Å². The average molecular weight is 416 g/mol. The van der Waals surface area contributed by atoms with Crippen LogP contribution in [0.1, 0.15) is 23.7 Å². The molecule has 8 nitrogen and oxygen atoms in total. The lowest BCUT2D eigenvalue weighted by Crippen LogP contribution is -2.56. The van der Waals surface area contributed by atoms with Crippen molar-refractivity contribution in [1.29, 1.82) is 0 Å². The molecule has 1 aromatic carbocycles. The summed E-state index contributed by atoms with van der Waals surface area (Å²) in [6, 6.07) is 2.21. The van der Waals surface area contributed by atoms with Crippen molar-refractivity contribution in [3.05, 3.63) is 46.5 Å². The van der Waals surface area contributed by atoms with E-state index < -0.39 is 34.0 Å². The monoisotopic (exact) mass is 415 g/mol. The van der Waals surface area contributed by atoms with Crippen LogP contribution in [0.15, 0.2) is 24.4 Å². The summed E-state index contributed by atoms with van der Waals surface area (Å²) in [6.45, 7) is 1.82. The first-order valence-corrected chi connectivity index (χ1v) is 9.91. The van der Waals surface area contributed by atoms with E-state index in [1.165, 1.54) is 19.2 Å². The average Bonchev–Trinajstić information content (AvgIpc) is 2.92. The topological polar surface area (TPSA) is 96.3 Å². The van der Waals surface area contributed by atoms with Crippen molar-refractivity contribution in [1.82, 2.24) is 18.8 Å². The summed E-state index contributed by atoms with van der Waals surface area (Å²) in [5.41, 5.74) is 1.79. The molecule has 0 radical (unpaired) electrons. The Morgan fingerprint density at radius 1 is 1.41 bits per heavy atom. The van der Waals surface area contributed by atoms with Crippen LogP contribution >= 0.6 is 11.6 Å². The number of hydrogen-bond donors (Lipinski definition) is 2. The van der Waals surface area contributed by atoms with E-state index >= 15 is 0 Å². The largest absolute Gasteiger partial charge is 0.325 e. The molecule has 2 N–H and O–H groups in total. The van der Waals surface area contributed by atoms with Gasteiger partial charge in [-0.2, -0.15) is 22.5 Å². The fraction of sp³-hybridized carbons (Fsp3) is 0.375. The van der Waals surface area contributed by atoms with Gasteiger partial charge in [-0.15, -0.1) is 0 Å². The quantitative estimate of drug-likeness (QED) is 0.798. The maximum Gasteiger partial charge on any atom is 0.280 e. The van der Waals surface area contributed by atoms with Crippen LogP contribution in [0.25, 0.3) is 0 Å². The van der Waals surface area contributed by atoms with E-state index in [1.807, 2.05) is 6.92 Å². The summed E-state index contributed by atoms with van der Waals surface area (Å²) in [7, 11) is -0.784. The summed E-state index contributed by atoms with van der Waals surface area (Å²) in [4.78, 5) is 12.7. The number of aryl methyl sites for hydroxylation is 1. The van der Waals surface area contributed by atoms with Gasteiger partial charge in [0.2, 0.25) is 5.91 Å². The van der Waals surface area contributed by atoms with Crippen molar-refractivity contribution in [2.24, 2.45) is 7.05 Å². The van der Waals surface area contributed by atoms with Crippen molar-refractivity contribution in [3.63, 3.8) is 0 Å². The normalized spacial score (nSPS) is 22.6. The molecule has 2 aromatic rings. The van der Waals surface area contributed by atoms with Gasteiger partial charge in [0.05, 0.1) is 17.3 Å². The molecular weight excluding hydrogens is 397 g/mol. The Morgan fingerprint density at radius 3 is 2.70 bits per heavy atom. The molecule has 1 amide bonds. The Morgan fingerprint density at radius 2 is 2.11 bits per heavy atom. The van der Waals surface area contributed by atoms with Crippen molar-refractivity contribution >= 4 is 33.4 Å². The summed E-state index contributed by atoms with van der Waals surface area (Å²) in [6.07, 6.45) is 1.80. The second-order valence-corrected chi connectivity index (χ2v) is 8.54. The lowest BCUT2D eigenvalue weighted by Gasteiger charge is -2.36. The minimum absolute atomic E-state index is 0.136. The summed E-state index contributed by atoms with van der Waals surface area (Å²) < 4.78 is 43.4. The van der Waals surface area contributed by atoms with Crippen LogP contribution < -0.4 is 10.0 Å². The van der Waals surface area contributed by atoms with Crippen LogP contribution in [0.2, 0.25) is 5.02 Å². The zero-order chi connectivity index (χ0) is 19.9. The molecule has 0 unspecified atom stereocenters. The minimum Gasteiger partial charge on any atom is -0.325 e. The van der Waals surface area contributed by atoms with Gasteiger partial charge >= 0.3 is 0 Å². The summed E-state index contributed by atoms with van der Waals surface area (Å²) in [5, 5.41) is 6.59. The predicted molar refractivity (Wildman–Crippen MR) is 98.9 cm³/mol. The maximum atomic E-state index is 13.3. The molecule has 146 valence electrons. The number of anilines is 1. The van der Waals surface area contributed by atoms with E-state index in [0.29, 0.717) is 5.56 Å². The molecule has 0 spiro atoms. The van der Waals surface area contributed by atoms with Crippen LogP contribution in [0.3, 0.4) is 0 Å². The number of halogens is 2. The van der Waals surface area contributed by atoms with E-state index in [0.717, 1.165) is 16.1 Å². The molecule has 1 fully saturated rings. The number of hydrogen-bond acceptors (Lipinski definition) is 4. The SMILES string of the molecule is Cc1c([C@H]2C[C@@H](C(=O)Nc3ccc(F)c(Cl)c3)N(C)S(=O)(=O)N2)cnn1C. The van der Waals surface area contributed by atoms with Crippen molar-refractivity contribution in [2.75, 3.05) is 12.4 Å². The van der Waals surface area contributed by atoms with Crippen LogP contribution in [0, 0.1) is 12.7 Å². The third-order valence-corrected chi connectivity index (χ3v) is 6.59. The molecule has 27 heavy (non-hydrogen) atoms. The van der Waals surface area contributed by atoms with Gasteiger partial charge in [-0.3, -0.25) is 9.48 Å². The second-order valence-electron chi connectivity index (χ2n) is 6.37. The van der Waals surface area contributed by atoms with Crippen LogP contribution in [0.5, 0.6) is 0 Å². The van der Waals surface area contributed by atoms with E-state index in [2.05, 4.69) is 15.1 Å². The number of carbonyl (C=O) groups excluding carboxylic acids is 1. The maximum absolute atomic E-state index is 13.3. The highest BCUT2D eigenvalue weighted by Gasteiger charge is 2.41. The van der Waals surface area contributed by atoms with Gasteiger partial charge in [0.1, 0.15) is 11.9 Å². The van der Waals surface area contributed by atoms with Gasteiger partial charge in [-0.1, -0.05) is 11.6 Å². The minimum atomic E-state index is -3.87. The highest BCUT2D eigenvalue weighted by molar-refractivity contribution is 7.87. The molecule has 11 heteroatoms. The molecule has 2 atom stereocenters. The van der Waals surface area contributed by atoms with Crippen molar-refractivity contribution in [2.45, 2.75) is 25.4 Å². The molecule has 1 aliphatic heterocycles. The standard InChI is InChI=1S/C16H19ClFN5O3S/c1-9-11(8-19-22(9)2)14-7-15(23(3)27(25,26)21-14)16(24)20-10-4-5-13(18)12(17)6-10/h4-6,8,14-15,21H,7H2,1-3H3,(H,20,24)/t14-,15+/m1/s1. The Kier molecular flexibility index (Phi) is 5.26. The first kappa shape index (κ1) is 19.7. The number of nitrogens with zero attached hydrogens (tertiary/aromatic N) is 3. The lowest BCUT2D eigenvalue weighted by molar-refractivity contribution is -0.120. The van der Waals surface area contributed by atoms with Crippen LogP contribution in [0.4, 0.5) is 10.1 Å². The number of benzene rings is 1. The van der Waals surface area contributed by atoms with Crippen LogP contribution in [-0.2, 0) is 22.1 Å². The van der Waals surface area contributed by atoms with Gasteiger partial charge in [-0.05, 0) is 31.5 Å². The number of carbonyl (C=O) groups is 1. The number of amides is 1. The number of nitrogens with one attached hydrogen (secondary N) is 2. The third kappa shape index (κ3) is 3.84. The third-order valence-electron chi connectivity index (χ3n) is 4.71. The molecule has 1 aliphatic rings. The van der Waals surface area contributed by atoms with Gasteiger partial charge in [0, 0.05) is 31.0 Å². The molecule has 1 aromatic heterocycles. The molecule has 0 saturated carbocycles. The highest BCUT2D eigenvalue weighted by atomic mass is 35.5. The highest BCUT2D eigenvalue weighted by Crippen LogP contribution is 2.30. The second kappa shape index (κ2) is 7.19. The fourth-order valence-corrected chi connectivity index (χ4v) is 4.42. The molecule has 0 bridgehead atoms. The number of rotatable bonds is 3. The molecule has 3 rings (SSSR count). The van der Waals surface area contributed by atoms with Gasteiger partial charge < -0.3 is 5.32 Å². The molecular formula is C16H19ClFN5O3S. The molecule has 2 heterocycles. The van der Waals surface area contributed by atoms with E-state index in [9.17, 15) is 17.6 Å². The molecule has 1 saturated heterocycles. The van der Waals surface area contributed by atoms with Crippen molar-refractivity contribution in [3.8, 4) is 0 Å². The van der Waals surface area contributed by atoms with E-state index in [-0.39, 0.29) is 17.1 Å². The van der Waals surface area contributed by atoms with E-state index in [1.54, 1.807) is 17.9 Å². The zero-order valence-electron chi connectivity index (χ0n) is 14.9. The van der Waals surface area contributed by atoms with Gasteiger partial charge in [-0.25, -0.2) is 4.39 Å². The number of likely N-dealkylation sites (N-methyl/N-ethyl adjacent to an activating group) is 1. The fourth-order valence-electron chi connectivity index (χ4n) is 2.97. The number of aromatic nitrogens is 2. The zero-order valence-corrected chi connectivity index (χ0v) is 16.5. The first-order valence-electron chi connectivity index (χ1n) is 8.10. The Hall–Kier alpha value is -2.01. The van der Waals surface area contributed by atoms with Gasteiger partial charge in [0.15, 0.2) is 0 Å².